The molecule has 0 bridgehead atoms. The first kappa shape index (κ1) is 12.8. The van der Waals surface area contributed by atoms with Crippen molar-refractivity contribution in [3.63, 3.8) is 0 Å². The minimum atomic E-state index is -0.881. The second-order valence-corrected chi connectivity index (χ2v) is 4.56. The Hall–Kier alpha value is -1.66. The van der Waals surface area contributed by atoms with Crippen molar-refractivity contribution in [3.8, 4) is 0 Å². The fourth-order valence-corrected chi connectivity index (χ4v) is 2.26. The number of carbonyl (C=O) groups excluding carboxylic acids is 1. The Balaban J connectivity index is 2.29. The Bertz CT molecular complexity index is 583. The van der Waals surface area contributed by atoms with Crippen molar-refractivity contribution < 1.29 is 13.6 Å². The van der Waals surface area contributed by atoms with E-state index in [1.165, 1.54) is 11.3 Å². The summed E-state index contributed by atoms with van der Waals surface area (Å²) >= 11 is 1.30. The average Bonchev–Trinajstić information content (AvgIpc) is 2.77. The molecule has 0 fully saturated rings. The van der Waals surface area contributed by atoms with E-state index in [4.69, 9.17) is 5.73 Å². The Morgan fingerprint density at radius 3 is 2.83 bits per heavy atom. The van der Waals surface area contributed by atoms with Crippen LogP contribution in [0.3, 0.4) is 0 Å². The van der Waals surface area contributed by atoms with Gasteiger partial charge in [0.15, 0.2) is 0 Å². The molecule has 0 amide bonds. The number of hydrogen-bond acceptors (Lipinski definition) is 4. The molecule has 94 valence electrons. The Morgan fingerprint density at radius 2 is 2.17 bits per heavy atom. The van der Waals surface area contributed by atoms with E-state index in [1.54, 1.807) is 5.38 Å². The van der Waals surface area contributed by atoms with Crippen molar-refractivity contribution in [3.05, 3.63) is 51.5 Å². The van der Waals surface area contributed by atoms with E-state index in [0.717, 1.165) is 17.1 Å². The second kappa shape index (κ2) is 5.32. The van der Waals surface area contributed by atoms with Gasteiger partial charge in [0.05, 0.1) is 10.6 Å². The normalized spacial score (nSPS) is 10.6. The number of aromatic nitrogens is 1. The number of nitrogens with zero attached hydrogens (tertiary/aromatic N) is 1. The maximum Gasteiger partial charge on any atom is 0.215 e. The van der Waals surface area contributed by atoms with E-state index in [0.29, 0.717) is 19.0 Å². The Kier molecular flexibility index (Phi) is 3.78. The highest BCUT2D eigenvalue weighted by Gasteiger charge is 2.17. The Morgan fingerprint density at radius 1 is 1.39 bits per heavy atom. The zero-order chi connectivity index (χ0) is 13.1. The third-order valence-corrected chi connectivity index (χ3v) is 3.23. The minimum absolute atomic E-state index is 0.161. The topological polar surface area (TPSA) is 56.0 Å². The van der Waals surface area contributed by atoms with E-state index in [1.807, 2.05) is 0 Å². The summed E-state index contributed by atoms with van der Waals surface area (Å²) in [6, 6.07) is 2.85. The van der Waals surface area contributed by atoms with Gasteiger partial charge in [-0.2, -0.15) is 0 Å². The molecule has 1 heterocycles. The van der Waals surface area contributed by atoms with Crippen LogP contribution < -0.4 is 5.73 Å². The van der Waals surface area contributed by atoms with Crippen LogP contribution >= 0.6 is 11.3 Å². The molecule has 1 aromatic carbocycles. The molecule has 2 N–H and O–H groups in total. The highest BCUT2D eigenvalue weighted by atomic mass is 32.1. The van der Waals surface area contributed by atoms with Gasteiger partial charge in [0, 0.05) is 17.9 Å². The van der Waals surface area contributed by atoms with Gasteiger partial charge >= 0.3 is 0 Å². The van der Waals surface area contributed by atoms with E-state index in [-0.39, 0.29) is 11.3 Å². The molecule has 0 aliphatic carbocycles. The van der Waals surface area contributed by atoms with Crippen molar-refractivity contribution in [2.75, 3.05) is 6.54 Å². The Labute approximate surface area is 106 Å². The predicted octanol–water partition coefficient (Wildman–Crippen LogP) is 2.15. The lowest BCUT2D eigenvalue weighted by Crippen LogP contribution is -2.06. The molecule has 0 spiro atoms. The van der Waals surface area contributed by atoms with Crippen LogP contribution in [0.15, 0.2) is 23.6 Å². The first-order chi connectivity index (χ1) is 8.61. The molecule has 0 aliphatic heterocycles. The van der Waals surface area contributed by atoms with Gasteiger partial charge in [0.2, 0.25) is 5.78 Å². The first-order valence-electron chi connectivity index (χ1n) is 5.26. The first-order valence-corrected chi connectivity index (χ1v) is 6.14. The van der Waals surface area contributed by atoms with Crippen LogP contribution in [0.4, 0.5) is 8.78 Å². The molecule has 18 heavy (non-hydrogen) atoms. The highest BCUT2D eigenvalue weighted by Crippen LogP contribution is 2.17. The van der Waals surface area contributed by atoms with Gasteiger partial charge in [-0.05, 0) is 18.7 Å². The molecule has 3 nitrogen and oxygen atoms in total. The molecule has 1 aromatic heterocycles. The number of benzene rings is 1. The SMILES string of the molecule is NCCc1nc(C(=O)c2ccc(F)cc2F)cs1. The van der Waals surface area contributed by atoms with Crippen molar-refractivity contribution >= 4 is 17.1 Å². The fraction of sp³-hybridized carbons (Fsp3) is 0.167. The summed E-state index contributed by atoms with van der Waals surface area (Å²) in [5.41, 5.74) is 5.36. The molecule has 2 rings (SSSR count). The zero-order valence-electron chi connectivity index (χ0n) is 9.32. The van der Waals surface area contributed by atoms with Crippen molar-refractivity contribution in [1.82, 2.24) is 4.98 Å². The van der Waals surface area contributed by atoms with E-state index in [9.17, 15) is 13.6 Å². The average molecular weight is 268 g/mol. The zero-order valence-corrected chi connectivity index (χ0v) is 10.1. The highest BCUT2D eigenvalue weighted by molar-refractivity contribution is 7.09. The third-order valence-electron chi connectivity index (χ3n) is 2.32. The van der Waals surface area contributed by atoms with Crippen LogP contribution in [0.5, 0.6) is 0 Å². The van der Waals surface area contributed by atoms with Crippen LogP contribution in [0.2, 0.25) is 0 Å². The lowest BCUT2D eigenvalue weighted by atomic mass is 10.1. The molecule has 0 unspecified atom stereocenters. The van der Waals surface area contributed by atoms with Gasteiger partial charge in [-0.15, -0.1) is 11.3 Å². The quantitative estimate of drug-likeness (QED) is 0.864. The number of hydrogen-bond donors (Lipinski definition) is 1. The largest absolute Gasteiger partial charge is 0.330 e. The maximum atomic E-state index is 13.4. The van der Waals surface area contributed by atoms with E-state index < -0.39 is 17.4 Å². The maximum absolute atomic E-state index is 13.4. The number of ketones is 1. The molecular formula is C12H10F2N2OS. The van der Waals surface area contributed by atoms with Crippen molar-refractivity contribution in [1.29, 1.82) is 0 Å². The second-order valence-electron chi connectivity index (χ2n) is 3.62. The molecule has 6 heteroatoms. The van der Waals surface area contributed by atoms with Gasteiger partial charge < -0.3 is 5.73 Å². The van der Waals surface area contributed by atoms with E-state index in [2.05, 4.69) is 4.98 Å². The fourth-order valence-electron chi connectivity index (χ4n) is 1.47. The van der Waals surface area contributed by atoms with Crippen LogP contribution in [0, 0.1) is 11.6 Å². The van der Waals surface area contributed by atoms with Gasteiger partial charge in [0.1, 0.15) is 17.3 Å². The number of halogens is 2. The summed E-state index contributed by atoms with van der Waals surface area (Å²) < 4.78 is 26.2. The molecule has 0 saturated heterocycles. The van der Waals surface area contributed by atoms with Gasteiger partial charge in [0.25, 0.3) is 0 Å². The predicted molar refractivity (Wildman–Crippen MR) is 64.7 cm³/mol. The van der Waals surface area contributed by atoms with Crippen molar-refractivity contribution in [2.24, 2.45) is 5.73 Å². The minimum Gasteiger partial charge on any atom is -0.330 e. The van der Waals surface area contributed by atoms with E-state index >= 15 is 0 Å². The smallest absolute Gasteiger partial charge is 0.215 e. The number of thiazole rings is 1. The summed E-state index contributed by atoms with van der Waals surface area (Å²) in [5, 5.41) is 2.28. The summed E-state index contributed by atoms with van der Waals surface area (Å²) in [4.78, 5) is 16.0. The molecule has 0 aliphatic rings. The number of carbonyl (C=O) groups is 1. The third kappa shape index (κ3) is 2.60. The van der Waals surface area contributed by atoms with Gasteiger partial charge in [-0.1, -0.05) is 0 Å². The molecule has 0 atom stereocenters. The van der Waals surface area contributed by atoms with Gasteiger partial charge in [-0.3, -0.25) is 4.79 Å². The molecule has 0 radical (unpaired) electrons. The summed E-state index contributed by atoms with van der Waals surface area (Å²) in [5.74, 6) is -2.15. The van der Waals surface area contributed by atoms with Crippen LogP contribution in [-0.4, -0.2) is 17.3 Å². The monoisotopic (exact) mass is 268 g/mol. The summed E-state index contributed by atoms with van der Waals surface area (Å²) in [7, 11) is 0. The summed E-state index contributed by atoms with van der Waals surface area (Å²) in [6.07, 6.45) is 0.573. The lowest BCUT2D eigenvalue weighted by molar-refractivity contribution is 0.103. The molecular weight excluding hydrogens is 258 g/mol. The standard InChI is InChI=1S/C12H10F2N2OS/c13-7-1-2-8(9(14)5-7)12(17)10-6-18-11(16-10)3-4-15/h1-2,5-6H,3-4,15H2. The number of nitrogens with two attached hydrogens (primary N) is 1. The summed E-state index contributed by atoms with van der Waals surface area (Å²) in [6.45, 7) is 0.437. The van der Waals surface area contributed by atoms with Crippen molar-refractivity contribution in [2.45, 2.75) is 6.42 Å². The van der Waals surface area contributed by atoms with Crippen LogP contribution in [0.25, 0.3) is 0 Å². The lowest BCUT2D eigenvalue weighted by Gasteiger charge is -1.99. The number of rotatable bonds is 4. The molecule has 2 aromatic rings. The van der Waals surface area contributed by atoms with Gasteiger partial charge in [-0.25, -0.2) is 13.8 Å². The molecule has 0 saturated carbocycles. The van der Waals surface area contributed by atoms with Crippen LogP contribution in [0.1, 0.15) is 21.1 Å². The van der Waals surface area contributed by atoms with Crippen LogP contribution in [-0.2, 0) is 6.42 Å².